The van der Waals surface area contributed by atoms with E-state index in [2.05, 4.69) is 0 Å². The van der Waals surface area contributed by atoms with E-state index in [1.54, 1.807) is 19.2 Å². The second-order valence-electron chi connectivity index (χ2n) is 5.88. The molecule has 153 valence electrons. The minimum atomic E-state index is -0.0705. The molecule has 2 aromatic rings. The molecule has 0 N–H and O–H groups in total. The summed E-state index contributed by atoms with van der Waals surface area (Å²) in [5, 5.41) is 0.946. The van der Waals surface area contributed by atoms with Gasteiger partial charge in [0.15, 0.2) is 5.52 Å². The molecule has 1 unspecified atom stereocenters. The number of hydrogen-bond donors (Lipinski definition) is 0. The van der Waals surface area contributed by atoms with Crippen LogP contribution in [0.5, 0.6) is 23.0 Å². The van der Waals surface area contributed by atoms with E-state index in [1.807, 2.05) is 32.0 Å². The third-order valence-electron chi connectivity index (χ3n) is 4.09. The van der Waals surface area contributed by atoms with Crippen LogP contribution in [0.4, 0.5) is 0 Å². The van der Waals surface area contributed by atoms with Gasteiger partial charge in [0.05, 0.1) is 27.9 Å². The first kappa shape index (κ1) is 25.3. The summed E-state index contributed by atoms with van der Waals surface area (Å²) in [7, 11) is 4.53. The molecule has 29 heavy (non-hydrogen) atoms. The van der Waals surface area contributed by atoms with Crippen molar-refractivity contribution in [3.05, 3.63) is 41.5 Å². The molecular weight excluding hydrogens is 386 g/mol. The van der Waals surface area contributed by atoms with Crippen LogP contribution in [0.3, 0.4) is 0 Å². The van der Waals surface area contributed by atoms with E-state index in [1.165, 1.54) is 14.2 Å². The van der Waals surface area contributed by atoms with E-state index in [9.17, 15) is 4.79 Å². The number of carbonyl (C=O) groups excluding carboxylic acids is 1. The van der Waals surface area contributed by atoms with Gasteiger partial charge in [0.1, 0.15) is 35.2 Å². The summed E-state index contributed by atoms with van der Waals surface area (Å²) in [6, 6.07) is 9.09. The van der Waals surface area contributed by atoms with Gasteiger partial charge in [-0.05, 0) is 45.4 Å². The molecule has 8 heteroatoms. The molecule has 0 saturated carbocycles. The number of methoxy groups -OCH3 is 3. The van der Waals surface area contributed by atoms with Gasteiger partial charge in [-0.15, -0.1) is 0 Å². The normalized spacial score (nSPS) is 10.5. The van der Waals surface area contributed by atoms with Crippen LogP contribution in [0, 0.1) is 6.92 Å². The Morgan fingerprint density at radius 2 is 1.59 bits per heavy atom. The average Bonchev–Trinajstić information content (AvgIpc) is 2.71. The van der Waals surface area contributed by atoms with Crippen LogP contribution in [0.15, 0.2) is 30.3 Å². The van der Waals surface area contributed by atoms with Gasteiger partial charge in [-0.3, -0.25) is 4.79 Å². The molecule has 1 atom stereocenters. The molecule has 0 aromatic heterocycles. The molecule has 0 spiro atoms. The number of aryl methyl sites for hydroxylation is 1. The molecule has 0 amide bonds. The SMILES string of the molecule is CCOCCOc1ccc(PC(=O)c2c(OC)cc(OC)cc2OC)c(C)c1.[Li]. The Balaban J connectivity index is 0.00000420. The van der Waals surface area contributed by atoms with Crippen molar-refractivity contribution in [3.8, 4) is 23.0 Å². The first-order valence-corrected chi connectivity index (χ1v) is 9.96. The van der Waals surface area contributed by atoms with Crippen LogP contribution in [0.1, 0.15) is 22.8 Å². The number of ether oxygens (including phenoxy) is 5. The zero-order valence-corrected chi connectivity index (χ0v) is 19.0. The minimum Gasteiger partial charge on any atom is -0.496 e. The van der Waals surface area contributed by atoms with Crippen LogP contribution in [0.2, 0.25) is 0 Å². The Kier molecular flexibility index (Phi) is 11.2. The van der Waals surface area contributed by atoms with Gasteiger partial charge in [0.25, 0.3) is 0 Å². The van der Waals surface area contributed by atoms with Gasteiger partial charge in [-0.25, -0.2) is 0 Å². The molecule has 0 aliphatic carbocycles. The van der Waals surface area contributed by atoms with E-state index < -0.39 is 0 Å². The molecule has 0 heterocycles. The van der Waals surface area contributed by atoms with Gasteiger partial charge in [-0.1, -0.05) is 6.07 Å². The molecule has 2 rings (SSSR count). The van der Waals surface area contributed by atoms with Crippen LogP contribution < -0.4 is 24.3 Å². The molecular formula is C21H27LiO6P. The second-order valence-corrected chi connectivity index (χ2v) is 7.13. The first-order chi connectivity index (χ1) is 13.5. The first-order valence-electron chi connectivity index (χ1n) is 8.96. The van der Waals surface area contributed by atoms with Crippen molar-refractivity contribution in [2.24, 2.45) is 0 Å². The Labute approximate surface area is 186 Å². The van der Waals surface area contributed by atoms with Gasteiger partial charge < -0.3 is 23.7 Å². The molecule has 0 bridgehead atoms. The molecule has 2 aromatic carbocycles. The van der Waals surface area contributed by atoms with Crippen molar-refractivity contribution in [2.75, 3.05) is 41.2 Å². The Morgan fingerprint density at radius 3 is 2.10 bits per heavy atom. The van der Waals surface area contributed by atoms with E-state index >= 15 is 0 Å². The summed E-state index contributed by atoms with van der Waals surface area (Å²) < 4.78 is 27.0. The quantitative estimate of drug-likeness (QED) is 0.320. The Morgan fingerprint density at radius 1 is 0.931 bits per heavy atom. The van der Waals surface area contributed by atoms with Gasteiger partial charge in [0.2, 0.25) is 0 Å². The molecule has 0 fully saturated rings. The molecule has 0 aliphatic heterocycles. The van der Waals surface area contributed by atoms with Gasteiger partial charge >= 0.3 is 0 Å². The summed E-state index contributed by atoms with van der Waals surface area (Å²) in [6.45, 7) is 5.63. The summed E-state index contributed by atoms with van der Waals surface area (Å²) in [4.78, 5) is 13.0. The topological polar surface area (TPSA) is 63.2 Å². The van der Waals surface area contributed by atoms with Gasteiger partial charge in [0, 0.05) is 37.6 Å². The van der Waals surface area contributed by atoms with Crippen LogP contribution >= 0.6 is 8.58 Å². The van der Waals surface area contributed by atoms with E-state index in [0.29, 0.717) is 42.6 Å². The Bertz CT molecular complexity index is 787. The fourth-order valence-corrected chi connectivity index (χ4v) is 3.70. The van der Waals surface area contributed by atoms with Crippen LogP contribution in [-0.2, 0) is 4.74 Å². The fourth-order valence-electron chi connectivity index (χ4n) is 2.64. The standard InChI is InChI=1S/C21H27O6P.Li/c1-6-26-9-10-27-15-7-8-19(14(2)11-15)28-21(22)20-17(24-4)12-16(23-3)13-18(20)25-5;/h7-8,11-13,28H,6,9-10H2,1-5H3;. The number of carbonyl (C=O) groups is 1. The predicted molar refractivity (Wildman–Crippen MR) is 117 cm³/mol. The summed E-state index contributed by atoms with van der Waals surface area (Å²) in [5.74, 6) is 2.19. The second kappa shape index (κ2) is 12.8. The molecule has 6 nitrogen and oxygen atoms in total. The largest absolute Gasteiger partial charge is 0.496 e. The maximum absolute atomic E-state index is 13.0. The van der Waals surface area contributed by atoms with Crippen molar-refractivity contribution in [1.29, 1.82) is 0 Å². The molecule has 0 aliphatic rings. The van der Waals surface area contributed by atoms with Crippen molar-refractivity contribution >= 4 is 38.3 Å². The van der Waals surface area contributed by atoms with Crippen molar-refractivity contribution in [3.63, 3.8) is 0 Å². The van der Waals surface area contributed by atoms with E-state index in [-0.39, 0.29) is 33.0 Å². The third-order valence-corrected chi connectivity index (χ3v) is 5.40. The average molecular weight is 413 g/mol. The molecule has 1 radical (unpaired) electrons. The smallest absolute Gasteiger partial charge is 0.193 e. The van der Waals surface area contributed by atoms with Crippen molar-refractivity contribution in [2.45, 2.75) is 13.8 Å². The number of benzene rings is 2. The maximum atomic E-state index is 13.0. The van der Waals surface area contributed by atoms with E-state index in [4.69, 9.17) is 23.7 Å². The predicted octanol–water partition coefficient (Wildman–Crippen LogP) is 3.20. The van der Waals surface area contributed by atoms with Crippen LogP contribution in [-0.4, -0.2) is 65.5 Å². The van der Waals surface area contributed by atoms with Crippen LogP contribution in [0.25, 0.3) is 0 Å². The zero-order valence-electron chi connectivity index (χ0n) is 18.0. The van der Waals surface area contributed by atoms with Crippen molar-refractivity contribution < 1.29 is 28.5 Å². The fraction of sp³-hybridized carbons (Fsp3) is 0.381. The van der Waals surface area contributed by atoms with E-state index in [0.717, 1.165) is 16.6 Å². The Hall–Kier alpha value is -1.70. The summed E-state index contributed by atoms with van der Waals surface area (Å²) in [6.07, 6.45) is 0. The number of hydrogen-bond acceptors (Lipinski definition) is 6. The molecule has 0 saturated heterocycles. The third kappa shape index (κ3) is 6.94. The van der Waals surface area contributed by atoms with Gasteiger partial charge in [-0.2, -0.15) is 0 Å². The summed E-state index contributed by atoms with van der Waals surface area (Å²) in [5.41, 5.74) is 1.34. The monoisotopic (exact) mass is 413 g/mol. The number of rotatable bonds is 11. The maximum Gasteiger partial charge on any atom is 0.193 e. The zero-order chi connectivity index (χ0) is 20.5. The summed E-state index contributed by atoms with van der Waals surface area (Å²) >= 11 is 0. The van der Waals surface area contributed by atoms with Crippen molar-refractivity contribution in [1.82, 2.24) is 0 Å². The minimum absolute atomic E-state index is 0.